The van der Waals surface area contributed by atoms with E-state index in [1.807, 2.05) is 5.92 Å². The van der Waals surface area contributed by atoms with Crippen LogP contribution >= 0.6 is 0 Å². The van der Waals surface area contributed by atoms with Gasteiger partial charge in [-0.3, -0.25) is 0 Å². The molecule has 0 N–H and O–H groups in total. The van der Waals surface area contributed by atoms with Gasteiger partial charge in [0.1, 0.15) is 0 Å². The van der Waals surface area contributed by atoms with E-state index in [4.69, 9.17) is 0 Å². The molecule has 0 heteroatoms. The summed E-state index contributed by atoms with van der Waals surface area (Å²) in [5.74, 6) is 3.11. The maximum absolute atomic E-state index is 1.95. The monoisotopic (exact) mass is 133 g/mol. The lowest BCUT2D eigenvalue weighted by atomic mass is 9.74. The predicted octanol–water partition coefficient (Wildman–Crippen LogP) is 2.54. The van der Waals surface area contributed by atoms with Crippen LogP contribution in [0.4, 0.5) is 0 Å². The maximum atomic E-state index is 1.95. The standard InChI is InChI=1S/C10H13/c1-7-2-9-4-8(1)5-10(9,3-7)6-9/h7H,1-6H2/q+1/t7?,9-,10+. The van der Waals surface area contributed by atoms with Crippen molar-refractivity contribution >= 4 is 0 Å². The second-order valence-electron chi connectivity index (χ2n) is 5.32. The SMILES string of the molecule is C1[C+]2C[C@@]34CC1C[C@]3(C2)C4. The highest BCUT2D eigenvalue weighted by Gasteiger charge is 2.83. The molecule has 10 heavy (non-hydrogen) atoms. The lowest BCUT2D eigenvalue weighted by molar-refractivity contribution is 0.300. The topological polar surface area (TPSA) is 0 Å². The summed E-state index contributed by atoms with van der Waals surface area (Å²) in [6, 6.07) is 0. The van der Waals surface area contributed by atoms with Gasteiger partial charge in [0.15, 0.2) is 0 Å². The summed E-state index contributed by atoms with van der Waals surface area (Å²) in [7, 11) is 0. The van der Waals surface area contributed by atoms with E-state index in [-0.39, 0.29) is 0 Å². The summed E-state index contributed by atoms with van der Waals surface area (Å²) < 4.78 is 0. The van der Waals surface area contributed by atoms with Crippen LogP contribution in [0.3, 0.4) is 0 Å². The molecule has 0 heterocycles. The summed E-state index contributed by atoms with van der Waals surface area (Å²) in [5, 5.41) is 0. The van der Waals surface area contributed by atoms with E-state index in [0.717, 1.165) is 16.7 Å². The van der Waals surface area contributed by atoms with Crippen molar-refractivity contribution in [1.82, 2.24) is 0 Å². The fourth-order valence-corrected chi connectivity index (χ4v) is 4.72. The Morgan fingerprint density at radius 2 is 1.80 bits per heavy atom. The van der Waals surface area contributed by atoms with Crippen molar-refractivity contribution in [2.24, 2.45) is 16.7 Å². The summed E-state index contributed by atoms with van der Waals surface area (Å²) >= 11 is 0. The molecule has 5 rings (SSSR count). The first-order chi connectivity index (χ1) is 4.82. The largest absolute Gasteiger partial charge is 0.0963 e. The highest BCUT2D eigenvalue weighted by Crippen LogP contribution is 2.87. The van der Waals surface area contributed by atoms with E-state index in [2.05, 4.69) is 0 Å². The Kier molecular flexibility index (Phi) is 0.452. The maximum Gasteiger partial charge on any atom is 0.0963 e. The number of hydrogen-bond donors (Lipinski definition) is 0. The molecule has 5 aliphatic rings. The minimum Gasteiger partial charge on any atom is -0.0358 e. The molecule has 0 amide bonds. The van der Waals surface area contributed by atoms with Gasteiger partial charge in [-0.1, -0.05) is 0 Å². The molecule has 1 unspecified atom stereocenters. The molecular weight excluding hydrogens is 120 g/mol. The molecule has 0 aromatic rings. The number of hydrogen-bond acceptors (Lipinski definition) is 0. The van der Waals surface area contributed by atoms with Gasteiger partial charge >= 0.3 is 0 Å². The molecule has 52 valence electrons. The van der Waals surface area contributed by atoms with Gasteiger partial charge < -0.3 is 0 Å². The van der Waals surface area contributed by atoms with Gasteiger partial charge in [-0.2, -0.15) is 0 Å². The fourth-order valence-electron chi connectivity index (χ4n) is 4.72. The van der Waals surface area contributed by atoms with Gasteiger partial charge in [0.25, 0.3) is 0 Å². The van der Waals surface area contributed by atoms with Crippen molar-refractivity contribution in [2.45, 2.75) is 38.5 Å². The minimum absolute atomic E-state index is 0.936. The molecule has 5 saturated carbocycles. The quantitative estimate of drug-likeness (QED) is 0.445. The summed E-state index contributed by atoms with van der Waals surface area (Å²) in [5.41, 5.74) is 1.87. The highest BCUT2D eigenvalue weighted by atomic mass is 14.8. The molecule has 0 aliphatic heterocycles. The van der Waals surface area contributed by atoms with Gasteiger partial charge in [0, 0.05) is 16.7 Å². The van der Waals surface area contributed by atoms with Gasteiger partial charge in [0.2, 0.25) is 0 Å². The Labute approximate surface area is 62.0 Å². The third-order valence-corrected chi connectivity index (χ3v) is 4.79. The van der Waals surface area contributed by atoms with Crippen molar-refractivity contribution in [3.8, 4) is 0 Å². The first-order valence-corrected chi connectivity index (χ1v) is 4.66. The second-order valence-corrected chi connectivity index (χ2v) is 5.32. The Balaban J connectivity index is 1.96. The molecule has 0 nitrogen and oxygen atoms in total. The zero-order chi connectivity index (χ0) is 6.40. The molecule has 0 saturated heterocycles. The van der Waals surface area contributed by atoms with Gasteiger partial charge in [-0.25, -0.2) is 0 Å². The molecule has 5 aliphatic carbocycles. The first-order valence-electron chi connectivity index (χ1n) is 4.66. The molecule has 5 fully saturated rings. The normalized spacial score (nSPS) is 67.2. The molecule has 3 atom stereocenters. The van der Waals surface area contributed by atoms with Crippen LogP contribution in [0.15, 0.2) is 0 Å². The van der Waals surface area contributed by atoms with E-state index < -0.39 is 0 Å². The fraction of sp³-hybridized carbons (Fsp3) is 0.900. The third kappa shape index (κ3) is 0.273. The third-order valence-electron chi connectivity index (χ3n) is 4.79. The van der Waals surface area contributed by atoms with E-state index in [1.165, 1.54) is 6.42 Å². The zero-order valence-electron chi connectivity index (χ0n) is 6.32. The molecule has 2 spiro atoms. The Morgan fingerprint density at radius 1 is 1.10 bits per heavy atom. The van der Waals surface area contributed by atoms with Crippen LogP contribution in [-0.2, 0) is 0 Å². The zero-order valence-corrected chi connectivity index (χ0v) is 6.32. The van der Waals surface area contributed by atoms with Crippen LogP contribution in [0.25, 0.3) is 0 Å². The van der Waals surface area contributed by atoms with Crippen LogP contribution in [0, 0.1) is 22.7 Å². The van der Waals surface area contributed by atoms with Crippen LogP contribution in [0.1, 0.15) is 38.5 Å². The van der Waals surface area contributed by atoms with Crippen molar-refractivity contribution in [3.05, 3.63) is 5.92 Å². The molecule has 0 aromatic heterocycles. The molecular formula is C10H13+. The lowest BCUT2D eigenvalue weighted by Gasteiger charge is -2.23. The molecule has 4 bridgehead atoms. The van der Waals surface area contributed by atoms with Crippen molar-refractivity contribution in [3.63, 3.8) is 0 Å². The average molecular weight is 133 g/mol. The first kappa shape index (κ1) is 4.69. The smallest absolute Gasteiger partial charge is 0.0358 e. The van der Waals surface area contributed by atoms with E-state index in [1.54, 1.807) is 32.1 Å². The van der Waals surface area contributed by atoms with E-state index in [0.29, 0.717) is 0 Å². The molecule has 0 aromatic carbocycles. The van der Waals surface area contributed by atoms with Gasteiger partial charge in [-0.15, -0.1) is 0 Å². The van der Waals surface area contributed by atoms with Crippen LogP contribution < -0.4 is 0 Å². The van der Waals surface area contributed by atoms with Gasteiger partial charge in [-0.05, 0) is 19.3 Å². The van der Waals surface area contributed by atoms with Crippen LogP contribution in [0.5, 0.6) is 0 Å². The highest BCUT2D eigenvalue weighted by molar-refractivity contribution is 5.35. The van der Waals surface area contributed by atoms with Gasteiger partial charge in [0.05, 0.1) is 25.2 Å². The van der Waals surface area contributed by atoms with E-state index in [9.17, 15) is 0 Å². The molecule has 0 radical (unpaired) electrons. The summed E-state index contributed by atoms with van der Waals surface area (Å²) in [4.78, 5) is 0. The summed E-state index contributed by atoms with van der Waals surface area (Å²) in [6.45, 7) is 0. The van der Waals surface area contributed by atoms with Crippen LogP contribution in [-0.4, -0.2) is 0 Å². The summed E-state index contributed by atoms with van der Waals surface area (Å²) in [6.07, 6.45) is 9.52. The number of rotatable bonds is 0. The lowest BCUT2D eigenvalue weighted by Crippen LogP contribution is -2.18. The Bertz CT molecular complexity index is 182. The van der Waals surface area contributed by atoms with Crippen molar-refractivity contribution in [2.75, 3.05) is 0 Å². The van der Waals surface area contributed by atoms with E-state index >= 15 is 0 Å². The Morgan fingerprint density at radius 3 is 2.30 bits per heavy atom. The van der Waals surface area contributed by atoms with Crippen molar-refractivity contribution in [1.29, 1.82) is 0 Å². The predicted molar refractivity (Wildman–Crippen MR) is 39.3 cm³/mol. The average Bonchev–Trinajstić information content (AvgIpc) is 2.18. The van der Waals surface area contributed by atoms with Crippen molar-refractivity contribution < 1.29 is 0 Å². The Hall–Kier alpha value is -0.130. The second kappa shape index (κ2) is 0.964. The minimum atomic E-state index is 0.936. The van der Waals surface area contributed by atoms with Crippen LogP contribution in [0.2, 0.25) is 0 Å².